The van der Waals surface area contributed by atoms with Gasteiger partial charge in [0.25, 0.3) is 0 Å². The topological polar surface area (TPSA) is 26.3 Å². The molecule has 2 unspecified atom stereocenters. The number of fused-ring (bicyclic) bond motifs is 3. The Hall–Kier alpha value is -1.42. The Kier molecular flexibility index (Phi) is 2.81. The van der Waals surface area contributed by atoms with Crippen molar-refractivity contribution in [3.63, 3.8) is 0 Å². The Morgan fingerprint density at radius 3 is 2.85 bits per heavy atom. The summed E-state index contributed by atoms with van der Waals surface area (Å²) in [5.74, 6) is 0.00690. The summed E-state index contributed by atoms with van der Waals surface area (Å²) in [5, 5.41) is 0.730. The lowest BCUT2D eigenvalue weighted by atomic mass is 9.92. The number of rotatable bonds is 1. The van der Waals surface area contributed by atoms with Crippen LogP contribution in [0.25, 0.3) is 10.4 Å². The number of thiophene rings is 1. The summed E-state index contributed by atoms with van der Waals surface area (Å²) in [7, 11) is 0. The van der Waals surface area contributed by atoms with Gasteiger partial charge in [-0.25, -0.2) is 0 Å². The fourth-order valence-electron chi connectivity index (χ4n) is 2.80. The third-order valence-corrected chi connectivity index (χ3v) is 5.22. The van der Waals surface area contributed by atoms with Gasteiger partial charge >= 0.3 is 0 Å². The molecule has 2 heterocycles. The second-order valence-corrected chi connectivity index (χ2v) is 6.58. The van der Waals surface area contributed by atoms with Crippen LogP contribution < -0.4 is 0 Å². The van der Waals surface area contributed by atoms with E-state index in [-0.39, 0.29) is 17.8 Å². The quantitative estimate of drug-likeness (QED) is 0.789. The van der Waals surface area contributed by atoms with E-state index in [0.29, 0.717) is 6.61 Å². The highest BCUT2D eigenvalue weighted by molar-refractivity contribution is 7.15. The van der Waals surface area contributed by atoms with E-state index < -0.39 is 0 Å². The lowest BCUT2D eigenvalue weighted by molar-refractivity contribution is -0.118. The molecule has 0 amide bonds. The van der Waals surface area contributed by atoms with Crippen LogP contribution in [0.2, 0.25) is 5.02 Å². The maximum Gasteiger partial charge on any atom is 0.165 e. The van der Waals surface area contributed by atoms with Crippen molar-refractivity contribution in [1.82, 2.24) is 0 Å². The van der Waals surface area contributed by atoms with E-state index in [0.717, 1.165) is 25.9 Å². The molecule has 0 fully saturated rings. The first-order chi connectivity index (χ1) is 9.72. The summed E-state index contributed by atoms with van der Waals surface area (Å²) in [6.07, 6.45) is 3.43. The number of benzene rings is 1. The number of hydrogen-bond acceptors (Lipinski definition) is 3. The number of ether oxygens (including phenoxy) is 1. The minimum Gasteiger partial charge on any atom is -0.367 e. The number of carbonyl (C=O) groups excluding carboxylic acids is 1. The van der Waals surface area contributed by atoms with Gasteiger partial charge in [0.1, 0.15) is 0 Å². The van der Waals surface area contributed by atoms with Crippen LogP contribution in [0.1, 0.15) is 16.4 Å². The fraction of sp³-hybridized carbons (Fsp3) is 0.188. The summed E-state index contributed by atoms with van der Waals surface area (Å²) in [6, 6.07) is 9.92. The van der Waals surface area contributed by atoms with Crippen molar-refractivity contribution in [2.24, 2.45) is 0 Å². The minimum atomic E-state index is -0.143. The Balaban J connectivity index is 1.77. The first kappa shape index (κ1) is 12.3. The molecule has 4 rings (SSSR count). The van der Waals surface area contributed by atoms with Gasteiger partial charge in [-0.05, 0) is 35.4 Å². The molecular formula is C16H11ClO2S. The molecule has 2 aromatic rings. The fourth-order valence-corrected chi connectivity index (χ4v) is 4.06. The smallest absolute Gasteiger partial charge is 0.165 e. The Bertz CT molecular complexity index is 715. The molecule has 0 radical (unpaired) electrons. The molecule has 1 aromatic carbocycles. The van der Waals surface area contributed by atoms with Crippen LogP contribution in [-0.4, -0.2) is 11.9 Å². The second-order valence-electron chi connectivity index (χ2n) is 5.01. The third kappa shape index (κ3) is 1.85. The summed E-state index contributed by atoms with van der Waals surface area (Å²) in [4.78, 5) is 14.3. The van der Waals surface area contributed by atoms with E-state index in [9.17, 15) is 4.79 Å². The van der Waals surface area contributed by atoms with Gasteiger partial charge in [-0.2, -0.15) is 0 Å². The van der Waals surface area contributed by atoms with Crippen LogP contribution in [0.15, 0.2) is 42.5 Å². The van der Waals surface area contributed by atoms with Crippen molar-refractivity contribution in [3.8, 4) is 10.4 Å². The molecule has 4 heteroatoms. The highest BCUT2D eigenvalue weighted by Crippen LogP contribution is 2.43. The van der Waals surface area contributed by atoms with Crippen molar-refractivity contribution in [3.05, 3.63) is 57.9 Å². The molecular weight excluding hydrogens is 292 g/mol. The maximum atomic E-state index is 12.0. The van der Waals surface area contributed by atoms with E-state index in [1.54, 1.807) is 17.4 Å². The SMILES string of the molecule is O=C1C=CC2OCc3sc(-c4ccc(Cl)cc4)cc3C12. The van der Waals surface area contributed by atoms with Gasteiger partial charge in [-0.15, -0.1) is 11.3 Å². The number of hydrogen-bond donors (Lipinski definition) is 0. The average molecular weight is 303 g/mol. The van der Waals surface area contributed by atoms with Crippen molar-refractivity contribution in [1.29, 1.82) is 0 Å². The molecule has 0 N–H and O–H groups in total. The van der Waals surface area contributed by atoms with Crippen LogP contribution in [0.4, 0.5) is 0 Å². The average Bonchev–Trinajstić information content (AvgIpc) is 3.03. The largest absolute Gasteiger partial charge is 0.367 e. The van der Waals surface area contributed by atoms with Crippen LogP contribution in [0.5, 0.6) is 0 Å². The van der Waals surface area contributed by atoms with Gasteiger partial charge in [0.2, 0.25) is 0 Å². The standard InChI is InChI=1S/C16H11ClO2S/c17-10-3-1-9(2-4-10)14-7-11-15(20-14)8-19-13-6-5-12(18)16(11)13/h1-7,13,16H,8H2. The highest BCUT2D eigenvalue weighted by Gasteiger charge is 2.38. The lowest BCUT2D eigenvalue weighted by Gasteiger charge is -2.24. The monoisotopic (exact) mass is 302 g/mol. The predicted molar refractivity (Wildman–Crippen MR) is 80.2 cm³/mol. The molecule has 0 bridgehead atoms. The van der Waals surface area contributed by atoms with Crippen molar-refractivity contribution >= 4 is 28.7 Å². The molecule has 1 aromatic heterocycles. The summed E-state index contributed by atoms with van der Waals surface area (Å²) >= 11 is 7.62. The molecule has 0 spiro atoms. The van der Waals surface area contributed by atoms with Crippen LogP contribution in [-0.2, 0) is 16.1 Å². The number of carbonyl (C=O) groups is 1. The Morgan fingerprint density at radius 2 is 2.05 bits per heavy atom. The van der Waals surface area contributed by atoms with Crippen molar-refractivity contribution in [2.75, 3.05) is 0 Å². The zero-order valence-electron chi connectivity index (χ0n) is 10.5. The highest BCUT2D eigenvalue weighted by atomic mass is 35.5. The molecule has 1 aliphatic heterocycles. The molecule has 100 valence electrons. The Labute approximate surface area is 125 Å². The number of halogens is 1. The maximum absolute atomic E-state index is 12.0. The third-order valence-electron chi connectivity index (χ3n) is 3.80. The predicted octanol–water partition coefficient (Wildman–Crippen LogP) is 4.19. The van der Waals surface area contributed by atoms with Crippen LogP contribution >= 0.6 is 22.9 Å². The molecule has 2 atom stereocenters. The number of allylic oxidation sites excluding steroid dienone is 1. The molecule has 0 saturated carbocycles. The van der Waals surface area contributed by atoms with Gasteiger partial charge in [0.05, 0.1) is 18.6 Å². The lowest BCUT2D eigenvalue weighted by Crippen LogP contribution is -2.25. The van der Waals surface area contributed by atoms with E-state index in [2.05, 4.69) is 6.07 Å². The first-order valence-corrected chi connectivity index (χ1v) is 7.64. The molecule has 2 aliphatic rings. The molecule has 2 nitrogen and oxygen atoms in total. The zero-order chi connectivity index (χ0) is 13.7. The van der Waals surface area contributed by atoms with Gasteiger partial charge in [0.15, 0.2) is 5.78 Å². The van der Waals surface area contributed by atoms with Gasteiger partial charge in [-0.1, -0.05) is 29.8 Å². The normalized spacial score (nSPS) is 23.8. The molecule has 1 aliphatic carbocycles. The van der Waals surface area contributed by atoms with Crippen LogP contribution in [0.3, 0.4) is 0 Å². The van der Waals surface area contributed by atoms with Crippen LogP contribution in [0, 0.1) is 0 Å². The van der Waals surface area contributed by atoms with Crippen molar-refractivity contribution < 1.29 is 9.53 Å². The molecule has 20 heavy (non-hydrogen) atoms. The van der Waals surface area contributed by atoms with E-state index in [4.69, 9.17) is 16.3 Å². The summed E-state index contributed by atoms with van der Waals surface area (Å²) in [6.45, 7) is 0.590. The van der Waals surface area contributed by atoms with E-state index >= 15 is 0 Å². The number of ketones is 1. The zero-order valence-corrected chi connectivity index (χ0v) is 12.1. The Morgan fingerprint density at radius 1 is 1.25 bits per heavy atom. The summed E-state index contributed by atoms with van der Waals surface area (Å²) in [5.41, 5.74) is 2.26. The van der Waals surface area contributed by atoms with Gasteiger partial charge in [0, 0.05) is 14.8 Å². The minimum absolute atomic E-state index is 0.0809. The van der Waals surface area contributed by atoms with E-state index in [1.165, 1.54) is 0 Å². The van der Waals surface area contributed by atoms with Gasteiger partial charge in [-0.3, -0.25) is 4.79 Å². The summed E-state index contributed by atoms with van der Waals surface area (Å²) < 4.78 is 5.75. The molecule has 0 saturated heterocycles. The first-order valence-electron chi connectivity index (χ1n) is 6.44. The second kappa shape index (κ2) is 4.55. The van der Waals surface area contributed by atoms with Crippen molar-refractivity contribution in [2.45, 2.75) is 18.6 Å². The van der Waals surface area contributed by atoms with E-state index in [1.807, 2.05) is 30.3 Å². The van der Waals surface area contributed by atoms with Gasteiger partial charge < -0.3 is 4.74 Å².